The molecule has 0 aliphatic carbocycles. The fourth-order valence-corrected chi connectivity index (χ4v) is 1.24. The van der Waals surface area contributed by atoms with Crippen molar-refractivity contribution in [3.8, 4) is 6.07 Å². The van der Waals surface area contributed by atoms with Gasteiger partial charge in [-0.2, -0.15) is 5.26 Å². The molecule has 5 heteroatoms. The van der Waals surface area contributed by atoms with Crippen LogP contribution in [-0.4, -0.2) is 13.1 Å². The topological polar surface area (TPSA) is 54.0 Å². The normalized spacial score (nSPS) is 8.75. The Morgan fingerprint density at radius 1 is 1.62 bits per heavy atom. The van der Waals surface area contributed by atoms with Crippen LogP contribution in [-0.2, 0) is 11.3 Å². The van der Waals surface area contributed by atoms with Crippen LogP contribution in [0.3, 0.4) is 0 Å². The van der Waals surface area contributed by atoms with Crippen LogP contribution in [0, 0.1) is 11.3 Å². The Balaban J connectivity index is 0.00000225. The van der Waals surface area contributed by atoms with Crippen molar-refractivity contribution in [1.29, 1.82) is 5.26 Å². The second-order valence-electron chi connectivity index (χ2n) is 3.08. The number of rotatable bonds is 4. The van der Waals surface area contributed by atoms with E-state index in [1.54, 1.807) is 18.3 Å². The summed E-state index contributed by atoms with van der Waals surface area (Å²) >= 11 is 0. The van der Waals surface area contributed by atoms with Gasteiger partial charge in [-0.15, -0.1) is 0 Å². The highest BCUT2D eigenvalue weighted by Gasteiger charge is 2.09. The second-order valence-corrected chi connectivity index (χ2v) is 3.08. The van der Waals surface area contributed by atoms with Gasteiger partial charge < -0.3 is 28.7 Å². The predicted octanol–water partition coefficient (Wildman–Crippen LogP) is -1.93. The number of hydrogen-bond acceptors (Lipinski definition) is 3. The maximum atomic E-state index is 11.2. The number of carbonyl (C=O) groups is 1. The van der Waals surface area contributed by atoms with Crippen molar-refractivity contribution in [2.75, 3.05) is 7.11 Å². The molecule has 0 radical (unpaired) electrons. The number of methoxy groups -OCH3 is 1. The third-order valence-electron chi connectivity index (χ3n) is 1.98. The first kappa shape index (κ1) is 14.8. The molecule has 0 bridgehead atoms. The van der Waals surface area contributed by atoms with E-state index in [9.17, 15) is 4.79 Å². The molecule has 4 nitrogen and oxygen atoms in total. The molecule has 0 N–H and O–H groups in total. The second kappa shape index (κ2) is 8.05. The van der Waals surface area contributed by atoms with E-state index in [1.807, 2.05) is 10.8 Å². The maximum absolute atomic E-state index is 11.2. The number of nitriles is 1. The lowest BCUT2D eigenvalue weighted by atomic mass is 10.2. The molecule has 0 saturated carbocycles. The summed E-state index contributed by atoms with van der Waals surface area (Å²) in [5.41, 5.74) is 0.525. The highest BCUT2D eigenvalue weighted by Crippen LogP contribution is 1.97. The van der Waals surface area contributed by atoms with Crippen LogP contribution in [0.4, 0.5) is 0 Å². The molecule has 1 rings (SSSR count). The van der Waals surface area contributed by atoms with E-state index >= 15 is 0 Å². The van der Waals surface area contributed by atoms with E-state index in [0.29, 0.717) is 12.0 Å². The molecule has 1 heterocycles. The first-order valence-corrected chi connectivity index (χ1v) is 4.72. The van der Waals surface area contributed by atoms with Crippen molar-refractivity contribution in [2.24, 2.45) is 0 Å². The summed E-state index contributed by atoms with van der Waals surface area (Å²) in [6.45, 7) is 0.735. The highest BCUT2D eigenvalue weighted by molar-refractivity contribution is 5.88. The fraction of sp³-hybridized carbons (Fsp3) is 0.364. The lowest BCUT2D eigenvalue weighted by Gasteiger charge is -1.98. The van der Waals surface area contributed by atoms with Crippen molar-refractivity contribution in [3.05, 3.63) is 30.1 Å². The highest BCUT2D eigenvalue weighted by atomic mass is 127. The summed E-state index contributed by atoms with van der Waals surface area (Å²) in [6.07, 6.45) is 4.90. The molecule has 0 amide bonds. The zero-order valence-electron chi connectivity index (χ0n) is 9.02. The minimum Gasteiger partial charge on any atom is -1.00 e. The molecule has 0 fully saturated rings. The molecule has 0 spiro atoms. The summed E-state index contributed by atoms with van der Waals surface area (Å²) in [5, 5.41) is 8.39. The lowest BCUT2D eigenvalue weighted by Crippen LogP contribution is -3.00. The smallest absolute Gasteiger partial charge is 0.343 e. The molecule has 0 aliphatic rings. The molecule has 0 unspecified atom stereocenters. The molecule has 0 aliphatic heterocycles. The Morgan fingerprint density at radius 2 is 2.38 bits per heavy atom. The summed E-state index contributed by atoms with van der Waals surface area (Å²) < 4.78 is 6.49. The van der Waals surface area contributed by atoms with Gasteiger partial charge in [-0.05, 0) is 6.07 Å². The van der Waals surface area contributed by atoms with Crippen LogP contribution in [0.1, 0.15) is 23.2 Å². The van der Waals surface area contributed by atoms with Gasteiger partial charge in [-0.25, -0.2) is 9.36 Å². The average Bonchev–Trinajstić information content (AvgIpc) is 2.29. The SMILES string of the molecule is COC(=O)c1ccc[n+](CCCC#N)c1.[I-]. The maximum Gasteiger partial charge on any atom is 0.343 e. The van der Waals surface area contributed by atoms with Crippen LogP contribution < -0.4 is 28.5 Å². The zero-order chi connectivity index (χ0) is 11.1. The van der Waals surface area contributed by atoms with Crippen LogP contribution >= 0.6 is 0 Å². The predicted molar refractivity (Wildman–Crippen MR) is 52.8 cm³/mol. The largest absolute Gasteiger partial charge is 1.00 e. The summed E-state index contributed by atoms with van der Waals surface area (Å²) in [6, 6.07) is 5.57. The number of esters is 1. The first-order valence-electron chi connectivity index (χ1n) is 4.72. The van der Waals surface area contributed by atoms with Gasteiger partial charge in [0.15, 0.2) is 12.4 Å². The Labute approximate surface area is 112 Å². The number of nitrogens with zero attached hydrogens (tertiary/aromatic N) is 2. The van der Waals surface area contributed by atoms with Crippen molar-refractivity contribution in [1.82, 2.24) is 0 Å². The van der Waals surface area contributed by atoms with Crippen LogP contribution in [0.5, 0.6) is 0 Å². The van der Waals surface area contributed by atoms with Gasteiger partial charge in [-0.1, -0.05) is 0 Å². The monoisotopic (exact) mass is 332 g/mol. The van der Waals surface area contributed by atoms with Crippen LogP contribution in [0.2, 0.25) is 0 Å². The minimum atomic E-state index is -0.343. The molecule has 86 valence electrons. The zero-order valence-corrected chi connectivity index (χ0v) is 11.2. The van der Waals surface area contributed by atoms with Crippen molar-refractivity contribution < 1.29 is 38.1 Å². The van der Waals surface area contributed by atoms with Gasteiger partial charge in [0.2, 0.25) is 0 Å². The van der Waals surface area contributed by atoms with Gasteiger partial charge in [0.25, 0.3) is 0 Å². The molecular weight excluding hydrogens is 319 g/mol. The van der Waals surface area contributed by atoms with Crippen LogP contribution in [0.25, 0.3) is 0 Å². The van der Waals surface area contributed by atoms with Crippen molar-refractivity contribution in [2.45, 2.75) is 19.4 Å². The van der Waals surface area contributed by atoms with E-state index in [0.717, 1.165) is 13.0 Å². The van der Waals surface area contributed by atoms with Crippen molar-refractivity contribution >= 4 is 5.97 Å². The first-order chi connectivity index (χ1) is 7.27. The molecule has 1 aromatic rings. The number of aryl methyl sites for hydroxylation is 1. The number of halogens is 1. The summed E-state index contributed by atoms with van der Waals surface area (Å²) in [4.78, 5) is 11.2. The van der Waals surface area contributed by atoms with E-state index in [-0.39, 0.29) is 29.9 Å². The van der Waals surface area contributed by atoms with E-state index in [2.05, 4.69) is 10.8 Å². The van der Waals surface area contributed by atoms with Gasteiger partial charge in [0.1, 0.15) is 12.1 Å². The summed E-state index contributed by atoms with van der Waals surface area (Å²) in [5.74, 6) is -0.343. The molecule has 0 atom stereocenters. The van der Waals surface area contributed by atoms with Crippen molar-refractivity contribution in [3.63, 3.8) is 0 Å². The number of unbranched alkanes of at least 4 members (excludes halogenated alkanes) is 1. The van der Waals surface area contributed by atoms with Gasteiger partial charge >= 0.3 is 5.97 Å². The standard InChI is InChI=1S/C11H13N2O2.HI/c1-15-11(14)10-5-4-8-13(9-10)7-3-2-6-12;/h4-5,8-9H,2-3,7H2,1H3;1H/q+1;/p-1. The minimum absolute atomic E-state index is 0. The fourth-order valence-electron chi connectivity index (χ4n) is 1.24. The third-order valence-corrected chi connectivity index (χ3v) is 1.98. The summed E-state index contributed by atoms with van der Waals surface area (Å²) in [7, 11) is 1.36. The molecule has 16 heavy (non-hydrogen) atoms. The average molecular weight is 332 g/mol. The Hall–Kier alpha value is -1.16. The Morgan fingerprint density at radius 3 is 3.00 bits per heavy atom. The van der Waals surface area contributed by atoms with E-state index < -0.39 is 0 Å². The van der Waals surface area contributed by atoms with Gasteiger partial charge in [-0.3, -0.25) is 0 Å². The van der Waals surface area contributed by atoms with E-state index in [4.69, 9.17) is 5.26 Å². The molecular formula is C11H13IN2O2. The number of pyridine rings is 1. The van der Waals surface area contributed by atoms with E-state index in [1.165, 1.54) is 7.11 Å². The molecule has 1 aromatic heterocycles. The number of ether oxygens (including phenoxy) is 1. The van der Waals surface area contributed by atoms with Gasteiger partial charge in [0.05, 0.1) is 13.2 Å². The third kappa shape index (κ3) is 4.57. The number of aromatic nitrogens is 1. The lowest BCUT2D eigenvalue weighted by molar-refractivity contribution is -0.697. The quantitative estimate of drug-likeness (QED) is 0.279. The molecule has 0 saturated heterocycles. The number of carbonyl (C=O) groups excluding carboxylic acids is 1. The Kier molecular flexibility index (Phi) is 7.46. The number of hydrogen-bond donors (Lipinski definition) is 0. The Bertz CT molecular complexity index is 388. The van der Waals surface area contributed by atoms with Crippen LogP contribution in [0.15, 0.2) is 24.5 Å². The van der Waals surface area contributed by atoms with Gasteiger partial charge in [0, 0.05) is 18.9 Å². The molecule has 0 aromatic carbocycles.